The van der Waals surface area contributed by atoms with Gasteiger partial charge in [0.15, 0.2) is 5.78 Å². The molecule has 5 heteroatoms. The third kappa shape index (κ3) is 2.56. The summed E-state index contributed by atoms with van der Waals surface area (Å²) >= 11 is 0. The Balaban J connectivity index is 2.24. The Morgan fingerprint density at radius 2 is 1.83 bits per heavy atom. The lowest BCUT2D eigenvalue weighted by Gasteiger charge is -2.03. The minimum atomic E-state index is -0.733. The number of hydrogen-bond donors (Lipinski definition) is 0. The van der Waals surface area contributed by atoms with Gasteiger partial charge in [-0.3, -0.25) is 9.78 Å². The quantitative estimate of drug-likeness (QED) is 0.784. The molecular formula is C13H10F2N2O. The number of aryl methyl sites for hydroxylation is 1. The number of benzene rings is 1. The predicted molar refractivity (Wildman–Crippen MR) is 61.2 cm³/mol. The van der Waals surface area contributed by atoms with Crippen LogP contribution in [0.5, 0.6) is 0 Å². The molecule has 0 aliphatic rings. The molecule has 0 aliphatic carbocycles. The van der Waals surface area contributed by atoms with Crippen LogP contribution in [-0.4, -0.2) is 15.8 Å². The van der Waals surface area contributed by atoms with Crippen LogP contribution in [0.2, 0.25) is 0 Å². The fraction of sp³-hybridized carbons (Fsp3) is 0.154. The van der Waals surface area contributed by atoms with E-state index in [1.165, 1.54) is 18.5 Å². The van der Waals surface area contributed by atoms with Crippen LogP contribution in [0.15, 0.2) is 30.6 Å². The second kappa shape index (κ2) is 5.00. The molecule has 1 heterocycles. The van der Waals surface area contributed by atoms with Gasteiger partial charge in [0.05, 0.1) is 11.9 Å². The summed E-state index contributed by atoms with van der Waals surface area (Å²) in [7, 11) is 0. The highest BCUT2D eigenvalue weighted by atomic mass is 19.1. The van der Waals surface area contributed by atoms with E-state index in [1.54, 1.807) is 6.92 Å². The van der Waals surface area contributed by atoms with Crippen LogP contribution in [0.3, 0.4) is 0 Å². The fourth-order valence-electron chi connectivity index (χ4n) is 1.49. The van der Waals surface area contributed by atoms with Crippen LogP contribution >= 0.6 is 0 Å². The monoisotopic (exact) mass is 248 g/mol. The molecule has 0 saturated carbocycles. The van der Waals surface area contributed by atoms with Gasteiger partial charge >= 0.3 is 0 Å². The van der Waals surface area contributed by atoms with Crippen molar-refractivity contribution in [1.29, 1.82) is 0 Å². The van der Waals surface area contributed by atoms with Crippen molar-refractivity contribution < 1.29 is 13.6 Å². The van der Waals surface area contributed by atoms with Crippen molar-refractivity contribution in [2.75, 3.05) is 0 Å². The third-order valence-corrected chi connectivity index (χ3v) is 2.47. The van der Waals surface area contributed by atoms with E-state index in [4.69, 9.17) is 0 Å². The van der Waals surface area contributed by atoms with E-state index < -0.39 is 17.4 Å². The summed E-state index contributed by atoms with van der Waals surface area (Å²) < 4.78 is 26.7. The highest BCUT2D eigenvalue weighted by Crippen LogP contribution is 2.14. The van der Waals surface area contributed by atoms with Crippen LogP contribution in [0.1, 0.15) is 21.7 Å². The molecule has 0 bridgehead atoms. The SMILES string of the molecule is Cc1cnc(C(=O)Cc2c(F)cccc2F)cn1. The summed E-state index contributed by atoms with van der Waals surface area (Å²) in [4.78, 5) is 19.6. The first-order valence-electron chi connectivity index (χ1n) is 5.32. The number of carbonyl (C=O) groups excluding carboxylic acids is 1. The van der Waals surface area contributed by atoms with Crippen molar-refractivity contribution >= 4 is 5.78 Å². The molecule has 0 atom stereocenters. The fourth-order valence-corrected chi connectivity index (χ4v) is 1.49. The minimum Gasteiger partial charge on any atom is -0.292 e. The molecule has 2 aromatic rings. The summed E-state index contributed by atoms with van der Waals surface area (Å²) in [5.41, 5.74) is 0.525. The second-order valence-electron chi connectivity index (χ2n) is 3.84. The molecular weight excluding hydrogens is 238 g/mol. The zero-order valence-corrected chi connectivity index (χ0v) is 9.65. The lowest BCUT2D eigenvalue weighted by atomic mass is 10.1. The van der Waals surface area contributed by atoms with Gasteiger partial charge in [0, 0.05) is 18.2 Å². The standard InChI is InChI=1S/C13H10F2N2O/c1-8-6-17-12(7-16-8)13(18)5-9-10(14)3-2-4-11(9)15/h2-4,6-7H,5H2,1H3. The number of ketones is 1. The molecule has 0 aliphatic heterocycles. The van der Waals surface area contributed by atoms with Crippen molar-refractivity contribution in [2.24, 2.45) is 0 Å². The van der Waals surface area contributed by atoms with E-state index in [1.807, 2.05) is 0 Å². The second-order valence-corrected chi connectivity index (χ2v) is 3.84. The number of aromatic nitrogens is 2. The van der Waals surface area contributed by atoms with Gasteiger partial charge < -0.3 is 0 Å². The van der Waals surface area contributed by atoms with Gasteiger partial charge in [-0.15, -0.1) is 0 Å². The van der Waals surface area contributed by atoms with Crippen LogP contribution in [0.4, 0.5) is 8.78 Å². The average molecular weight is 248 g/mol. The lowest BCUT2D eigenvalue weighted by molar-refractivity contribution is 0.0985. The summed E-state index contributed by atoms with van der Waals surface area (Å²) in [5.74, 6) is -1.93. The van der Waals surface area contributed by atoms with Crippen LogP contribution in [-0.2, 0) is 6.42 Å². The number of nitrogens with zero attached hydrogens (tertiary/aromatic N) is 2. The molecule has 3 nitrogen and oxygen atoms in total. The van der Waals surface area contributed by atoms with Crippen LogP contribution < -0.4 is 0 Å². The number of halogens is 2. The zero-order chi connectivity index (χ0) is 13.1. The molecule has 18 heavy (non-hydrogen) atoms. The normalized spacial score (nSPS) is 10.4. The molecule has 92 valence electrons. The molecule has 0 saturated heterocycles. The molecule has 0 N–H and O–H groups in total. The molecule has 0 fully saturated rings. The molecule has 1 aromatic heterocycles. The molecule has 2 rings (SSSR count). The largest absolute Gasteiger partial charge is 0.292 e. The molecule has 0 radical (unpaired) electrons. The summed E-state index contributed by atoms with van der Waals surface area (Å²) in [6.07, 6.45) is 2.37. The maximum Gasteiger partial charge on any atom is 0.187 e. The van der Waals surface area contributed by atoms with Gasteiger partial charge in [-0.2, -0.15) is 0 Å². The molecule has 0 unspecified atom stereocenters. The Morgan fingerprint density at radius 3 is 2.39 bits per heavy atom. The first-order chi connectivity index (χ1) is 8.58. The first-order valence-corrected chi connectivity index (χ1v) is 5.32. The Kier molecular flexibility index (Phi) is 3.41. The minimum absolute atomic E-state index is 0.100. The Morgan fingerprint density at radius 1 is 1.17 bits per heavy atom. The van der Waals surface area contributed by atoms with Crippen molar-refractivity contribution in [1.82, 2.24) is 9.97 Å². The Bertz CT molecular complexity index is 562. The number of Topliss-reactive ketones (excluding diaryl/α,β-unsaturated/α-hetero) is 1. The molecule has 1 aromatic carbocycles. The van der Waals surface area contributed by atoms with Crippen LogP contribution in [0, 0.1) is 18.6 Å². The predicted octanol–water partition coefficient (Wildman–Crippen LogP) is 2.49. The van der Waals surface area contributed by atoms with Crippen LogP contribution in [0.25, 0.3) is 0 Å². The summed E-state index contributed by atoms with van der Waals surface area (Å²) in [5, 5.41) is 0. The van der Waals surface area contributed by atoms with Gasteiger partial charge in [-0.1, -0.05) is 6.07 Å². The third-order valence-electron chi connectivity index (χ3n) is 2.47. The molecule has 0 amide bonds. The van der Waals surface area contributed by atoms with E-state index in [0.29, 0.717) is 5.69 Å². The summed E-state index contributed by atoms with van der Waals surface area (Å²) in [6.45, 7) is 1.73. The van der Waals surface area contributed by atoms with Crippen molar-refractivity contribution in [2.45, 2.75) is 13.3 Å². The maximum atomic E-state index is 13.4. The van der Waals surface area contributed by atoms with E-state index in [2.05, 4.69) is 9.97 Å². The van der Waals surface area contributed by atoms with Crippen molar-refractivity contribution in [3.8, 4) is 0 Å². The van der Waals surface area contributed by atoms with E-state index in [9.17, 15) is 13.6 Å². The highest BCUT2D eigenvalue weighted by molar-refractivity contribution is 5.95. The van der Waals surface area contributed by atoms with Crippen molar-refractivity contribution in [3.63, 3.8) is 0 Å². The van der Waals surface area contributed by atoms with Gasteiger partial charge in [-0.05, 0) is 19.1 Å². The van der Waals surface area contributed by atoms with Gasteiger partial charge in [0.25, 0.3) is 0 Å². The topological polar surface area (TPSA) is 42.9 Å². The lowest BCUT2D eigenvalue weighted by Crippen LogP contribution is -2.09. The van der Waals surface area contributed by atoms with E-state index in [-0.39, 0.29) is 17.7 Å². The molecule has 0 spiro atoms. The number of rotatable bonds is 3. The van der Waals surface area contributed by atoms with E-state index in [0.717, 1.165) is 12.1 Å². The number of carbonyl (C=O) groups is 1. The average Bonchev–Trinajstić information content (AvgIpc) is 2.34. The van der Waals surface area contributed by atoms with Gasteiger partial charge in [0.1, 0.15) is 17.3 Å². The zero-order valence-electron chi connectivity index (χ0n) is 9.65. The Hall–Kier alpha value is -2.17. The van der Waals surface area contributed by atoms with Gasteiger partial charge in [-0.25, -0.2) is 13.8 Å². The number of hydrogen-bond acceptors (Lipinski definition) is 3. The van der Waals surface area contributed by atoms with E-state index >= 15 is 0 Å². The van der Waals surface area contributed by atoms with Crippen molar-refractivity contribution in [3.05, 3.63) is 59.2 Å². The van der Waals surface area contributed by atoms with Gasteiger partial charge in [0.2, 0.25) is 0 Å². The highest BCUT2D eigenvalue weighted by Gasteiger charge is 2.15. The first kappa shape index (κ1) is 12.3. The smallest absolute Gasteiger partial charge is 0.187 e. The summed E-state index contributed by atoms with van der Waals surface area (Å²) in [6, 6.07) is 3.49. The Labute approximate surface area is 103 Å². The maximum absolute atomic E-state index is 13.4.